The molecule has 1 aromatic rings. The van der Waals surface area contributed by atoms with Crippen molar-refractivity contribution in [2.75, 3.05) is 24.5 Å². The Bertz CT molecular complexity index is 623. The number of aryl methyl sites for hydroxylation is 2. The average Bonchev–Trinajstić information content (AvgIpc) is 2.90. The summed E-state index contributed by atoms with van der Waals surface area (Å²) < 4.78 is 0. The van der Waals surface area contributed by atoms with E-state index >= 15 is 0 Å². The molecule has 0 bridgehead atoms. The van der Waals surface area contributed by atoms with Crippen molar-refractivity contribution >= 4 is 17.5 Å². The molecule has 2 aliphatic rings. The molecule has 2 fully saturated rings. The van der Waals surface area contributed by atoms with Crippen LogP contribution in [-0.4, -0.2) is 37.5 Å². The molecule has 0 radical (unpaired) electrons. The maximum absolute atomic E-state index is 12.7. The quantitative estimate of drug-likeness (QED) is 0.831. The van der Waals surface area contributed by atoms with E-state index in [9.17, 15) is 9.59 Å². The highest BCUT2D eigenvalue weighted by Gasteiger charge is 2.39. The van der Waals surface area contributed by atoms with E-state index in [-0.39, 0.29) is 17.9 Å². The number of nitrogens with one attached hydrogen (secondary N) is 2. The molecule has 2 amide bonds. The Kier molecular flexibility index (Phi) is 4.90. The molecule has 24 heavy (non-hydrogen) atoms. The summed E-state index contributed by atoms with van der Waals surface area (Å²) in [5.41, 5.74) is 3.17. The van der Waals surface area contributed by atoms with Gasteiger partial charge in [0.05, 0.1) is 0 Å². The molecule has 2 aliphatic heterocycles. The van der Waals surface area contributed by atoms with E-state index < -0.39 is 5.92 Å². The summed E-state index contributed by atoms with van der Waals surface area (Å²) in [6.07, 6.45) is 1.64. The number of rotatable bonds is 3. The first-order chi connectivity index (χ1) is 11.5. The zero-order chi connectivity index (χ0) is 17.3. The average molecular weight is 329 g/mol. The third-order valence-electron chi connectivity index (χ3n) is 5.20. The zero-order valence-corrected chi connectivity index (χ0v) is 14.8. The van der Waals surface area contributed by atoms with E-state index in [4.69, 9.17) is 0 Å². The van der Waals surface area contributed by atoms with Gasteiger partial charge >= 0.3 is 0 Å². The summed E-state index contributed by atoms with van der Waals surface area (Å²) in [4.78, 5) is 27.1. The fourth-order valence-corrected chi connectivity index (χ4v) is 3.75. The molecule has 3 rings (SSSR count). The summed E-state index contributed by atoms with van der Waals surface area (Å²) in [5, 5.41) is 6.40. The number of carbonyl (C=O) groups excluding carboxylic acids is 2. The summed E-state index contributed by atoms with van der Waals surface area (Å²) in [6.45, 7) is 8.60. The molecule has 0 spiro atoms. The second kappa shape index (κ2) is 6.93. The van der Waals surface area contributed by atoms with Gasteiger partial charge in [-0.15, -0.1) is 0 Å². The van der Waals surface area contributed by atoms with Gasteiger partial charge in [0.2, 0.25) is 11.8 Å². The van der Waals surface area contributed by atoms with Gasteiger partial charge in [0.25, 0.3) is 0 Å². The van der Waals surface area contributed by atoms with Crippen molar-refractivity contribution in [3.8, 4) is 0 Å². The Hall–Kier alpha value is -1.88. The standard InChI is InChI=1S/C19H27N3O2/c1-12-8-13(2)10-15(9-12)22-7-5-16(19(22)24)18(23)21-17-11-20-6-4-14(17)3/h8-10,14,16-17,20H,4-7,11H2,1-3H3,(H,21,23). The summed E-state index contributed by atoms with van der Waals surface area (Å²) in [7, 11) is 0. The van der Waals surface area contributed by atoms with Crippen molar-refractivity contribution in [2.24, 2.45) is 11.8 Å². The molecular weight excluding hydrogens is 302 g/mol. The summed E-state index contributed by atoms with van der Waals surface area (Å²) >= 11 is 0. The van der Waals surface area contributed by atoms with Crippen molar-refractivity contribution in [2.45, 2.75) is 39.7 Å². The molecule has 0 aromatic heterocycles. The Morgan fingerprint density at radius 2 is 1.92 bits per heavy atom. The lowest BCUT2D eigenvalue weighted by Crippen LogP contribution is -2.52. The molecule has 2 saturated heterocycles. The van der Waals surface area contributed by atoms with E-state index in [1.54, 1.807) is 4.90 Å². The fraction of sp³-hybridized carbons (Fsp3) is 0.579. The number of benzene rings is 1. The summed E-state index contributed by atoms with van der Waals surface area (Å²) in [6, 6.07) is 6.23. The Balaban J connectivity index is 1.68. The third-order valence-corrected chi connectivity index (χ3v) is 5.20. The van der Waals surface area contributed by atoms with Gasteiger partial charge in [0.1, 0.15) is 5.92 Å². The molecule has 130 valence electrons. The fourth-order valence-electron chi connectivity index (χ4n) is 3.75. The molecule has 3 unspecified atom stereocenters. The van der Waals surface area contributed by atoms with Gasteiger partial charge in [-0.1, -0.05) is 13.0 Å². The SMILES string of the molecule is Cc1cc(C)cc(N2CCC(C(=O)NC3CNCCC3C)C2=O)c1. The minimum atomic E-state index is -0.556. The topological polar surface area (TPSA) is 61.4 Å². The lowest BCUT2D eigenvalue weighted by atomic mass is 9.94. The monoisotopic (exact) mass is 329 g/mol. The van der Waals surface area contributed by atoms with Gasteiger partial charge in [0, 0.05) is 24.8 Å². The number of piperidine rings is 1. The van der Waals surface area contributed by atoms with Crippen LogP contribution in [0, 0.1) is 25.7 Å². The Labute approximate surface area is 143 Å². The molecule has 0 saturated carbocycles. The van der Waals surface area contributed by atoms with Crippen molar-refractivity contribution in [1.29, 1.82) is 0 Å². The maximum Gasteiger partial charge on any atom is 0.239 e. The van der Waals surface area contributed by atoms with Gasteiger partial charge in [-0.05, 0) is 62.4 Å². The highest BCUT2D eigenvalue weighted by Crippen LogP contribution is 2.27. The van der Waals surface area contributed by atoms with Crippen LogP contribution >= 0.6 is 0 Å². The smallest absolute Gasteiger partial charge is 0.239 e. The number of anilines is 1. The molecule has 1 aromatic carbocycles. The normalized spacial score (nSPS) is 27.4. The predicted octanol–water partition coefficient (Wildman–Crippen LogP) is 1.77. The molecule has 5 heteroatoms. The first-order valence-corrected chi connectivity index (χ1v) is 8.86. The van der Waals surface area contributed by atoms with E-state index in [0.717, 1.165) is 36.3 Å². The van der Waals surface area contributed by atoms with Gasteiger partial charge in [0.15, 0.2) is 0 Å². The van der Waals surface area contributed by atoms with Crippen LogP contribution in [0.4, 0.5) is 5.69 Å². The zero-order valence-electron chi connectivity index (χ0n) is 14.8. The Morgan fingerprint density at radius 3 is 2.58 bits per heavy atom. The first-order valence-electron chi connectivity index (χ1n) is 8.86. The second-order valence-electron chi connectivity index (χ2n) is 7.26. The number of hydrogen-bond acceptors (Lipinski definition) is 3. The molecule has 0 aliphatic carbocycles. The number of nitrogens with zero attached hydrogens (tertiary/aromatic N) is 1. The van der Waals surface area contributed by atoms with E-state index in [1.165, 1.54) is 0 Å². The highest BCUT2D eigenvalue weighted by molar-refractivity contribution is 6.09. The van der Waals surface area contributed by atoms with Crippen LogP contribution in [0.15, 0.2) is 18.2 Å². The molecule has 5 nitrogen and oxygen atoms in total. The van der Waals surface area contributed by atoms with Crippen LogP contribution in [0.1, 0.15) is 30.9 Å². The van der Waals surface area contributed by atoms with Gasteiger partial charge < -0.3 is 15.5 Å². The van der Waals surface area contributed by atoms with Crippen molar-refractivity contribution in [3.63, 3.8) is 0 Å². The van der Waals surface area contributed by atoms with Crippen LogP contribution in [-0.2, 0) is 9.59 Å². The van der Waals surface area contributed by atoms with Crippen molar-refractivity contribution in [3.05, 3.63) is 29.3 Å². The Morgan fingerprint density at radius 1 is 1.21 bits per heavy atom. The number of hydrogen-bond donors (Lipinski definition) is 2. The predicted molar refractivity (Wildman–Crippen MR) is 95.0 cm³/mol. The lowest BCUT2D eigenvalue weighted by Gasteiger charge is -2.30. The third kappa shape index (κ3) is 3.46. The highest BCUT2D eigenvalue weighted by atomic mass is 16.2. The van der Waals surface area contributed by atoms with E-state index in [2.05, 4.69) is 23.6 Å². The van der Waals surface area contributed by atoms with Gasteiger partial charge in [-0.25, -0.2) is 0 Å². The lowest BCUT2D eigenvalue weighted by molar-refractivity contribution is -0.132. The maximum atomic E-state index is 12.7. The molecule has 3 atom stereocenters. The van der Waals surface area contributed by atoms with Crippen LogP contribution in [0.3, 0.4) is 0 Å². The van der Waals surface area contributed by atoms with Crippen LogP contribution in [0.5, 0.6) is 0 Å². The van der Waals surface area contributed by atoms with Crippen molar-refractivity contribution in [1.82, 2.24) is 10.6 Å². The van der Waals surface area contributed by atoms with E-state index in [0.29, 0.717) is 18.9 Å². The molecule has 2 N–H and O–H groups in total. The van der Waals surface area contributed by atoms with Gasteiger partial charge in [-0.3, -0.25) is 9.59 Å². The largest absolute Gasteiger partial charge is 0.351 e. The molecular formula is C19H27N3O2. The van der Waals surface area contributed by atoms with Crippen LogP contribution in [0.25, 0.3) is 0 Å². The second-order valence-corrected chi connectivity index (χ2v) is 7.26. The number of carbonyl (C=O) groups is 2. The van der Waals surface area contributed by atoms with Crippen molar-refractivity contribution < 1.29 is 9.59 Å². The minimum Gasteiger partial charge on any atom is -0.351 e. The molecule has 2 heterocycles. The van der Waals surface area contributed by atoms with Gasteiger partial charge in [-0.2, -0.15) is 0 Å². The first kappa shape index (κ1) is 17.0. The number of amides is 2. The van der Waals surface area contributed by atoms with Crippen LogP contribution < -0.4 is 15.5 Å². The minimum absolute atomic E-state index is 0.0751. The van der Waals surface area contributed by atoms with Crippen LogP contribution in [0.2, 0.25) is 0 Å². The van der Waals surface area contributed by atoms with E-state index in [1.807, 2.05) is 26.0 Å². The summed E-state index contributed by atoms with van der Waals surface area (Å²) in [5.74, 6) is -0.302.